The molecule has 0 aliphatic heterocycles. The van der Waals surface area contributed by atoms with Gasteiger partial charge in [-0.3, -0.25) is 9.59 Å². The van der Waals surface area contributed by atoms with Crippen LogP contribution < -0.4 is 5.73 Å². The lowest BCUT2D eigenvalue weighted by atomic mass is 10.1. The second-order valence-corrected chi connectivity index (χ2v) is 8.00. The number of aromatic nitrogens is 1. The van der Waals surface area contributed by atoms with Crippen molar-refractivity contribution in [3.63, 3.8) is 0 Å². The molecule has 4 rings (SSSR count). The minimum absolute atomic E-state index is 0.0418. The van der Waals surface area contributed by atoms with Gasteiger partial charge in [-0.2, -0.15) is 0 Å². The number of rotatable bonds is 7. The van der Waals surface area contributed by atoms with E-state index in [1.165, 1.54) is 0 Å². The Labute approximate surface area is 150 Å². The summed E-state index contributed by atoms with van der Waals surface area (Å²) in [6, 6.07) is 9.89. The van der Waals surface area contributed by atoms with Gasteiger partial charge in [-0.25, -0.2) is 4.98 Å². The van der Waals surface area contributed by atoms with E-state index in [-0.39, 0.29) is 12.5 Å². The molecule has 1 aromatic carbocycles. The van der Waals surface area contributed by atoms with Gasteiger partial charge in [0.25, 0.3) is 5.91 Å². The second-order valence-electron chi connectivity index (χ2n) is 6.97. The van der Waals surface area contributed by atoms with Crippen LogP contribution in [0.4, 0.5) is 0 Å². The average Bonchev–Trinajstić information content (AvgIpc) is 3.53. The summed E-state index contributed by atoms with van der Waals surface area (Å²) in [7, 11) is 0. The van der Waals surface area contributed by atoms with Gasteiger partial charge in [0.15, 0.2) is 0 Å². The summed E-state index contributed by atoms with van der Waals surface area (Å²) >= 11 is 1.61. The van der Waals surface area contributed by atoms with E-state index in [0.29, 0.717) is 24.1 Å². The highest BCUT2D eigenvalue weighted by Gasteiger charge is 2.33. The normalized spacial score (nSPS) is 16.6. The molecule has 2 fully saturated rings. The number of carbonyl (C=O) groups is 2. The first-order valence-corrected chi connectivity index (χ1v) is 9.57. The molecule has 0 atom stereocenters. The van der Waals surface area contributed by atoms with Crippen molar-refractivity contribution in [3.8, 4) is 10.4 Å². The third-order valence-corrected chi connectivity index (χ3v) is 5.89. The molecule has 6 heteroatoms. The molecule has 0 saturated heterocycles. The van der Waals surface area contributed by atoms with Gasteiger partial charge in [-0.05, 0) is 37.2 Å². The van der Waals surface area contributed by atoms with Crippen LogP contribution in [0.15, 0.2) is 30.3 Å². The number of amides is 2. The van der Waals surface area contributed by atoms with Crippen LogP contribution in [0.2, 0.25) is 0 Å². The molecule has 1 aromatic heterocycles. The maximum Gasteiger partial charge on any atom is 0.274 e. The minimum Gasteiger partial charge on any atom is -0.368 e. The zero-order chi connectivity index (χ0) is 17.4. The van der Waals surface area contributed by atoms with Gasteiger partial charge in [-0.1, -0.05) is 30.3 Å². The van der Waals surface area contributed by atoms with Crippen molar-refractivity contribution in [2.24, 2.45) is 11.7 Å². The molecule has 2 N–H and O–H groups in total. The molecule has 5 nitrogen and oxygen atoms in total. The van der Waals surface area contributed by atoms with E-state index < -0.39 is 5.91 Å². The van der Waals surface area contributed by atoms with E-state index in [0.717, 1.165) is 41.1 Å². The van der Waals surface area contributed by atoms with Crippen LogP contribution in [0.1, 0.15) is 47.1 Å². The number of nitrogens with zero attached hydrogens (tertiary/aromatic N) is 2. The number of benzene rings is 1. The van der Waals surface area contributed by atoms with Gasteiger partial charge in [0.2, 0.25) is 5.91 Å². The first kappa shape index (κ1) is 16.3. The predicted molar refractivity (Wildman–Crippen MR) is 97.3 cm³/mol. The van der Waals surface area contributed by atoms with E-state index in [2.05, 4.69) is 4.98 Å². The summed E-state index contributed by atoms with van der Waals surface area (Å²) in [6.07, 6.45) is 4.50. The zero-order valence-electron chi connectivity index (χ0n) is 14.0. The Bertz CT molecular complexity index is 794. The third kappa shape index (κ3) is 3.74. The number of hydrogen-bond donors (Lipinski definition) is 1. The number of nitrogens with two attached hydrogens (primary N) is 1. The predicted octanol–water partition coefficient (Wildman–Crippen LogP) is 3.03. The van der Waals surface area contributed by atoms with Gasteiger partial charge in [-0.15, -0.1) is 11.3 Å². The fraction of sp³-hybridized carbons (Fsp3) is 0.421. The Hall–Kier alpha value is -2.21. The lowest BCUT2D eigenvalue weighted by Gasteiger charge is -2.20. The van der Waals surface area contributed by atoms with Crippen molar-refractivity contribution < 1.29 is 9.59 Å². The molecular weight excluding hydrogens is 334 g/mol. The van der Waals surface area contributed by atoms with Gasteiger partial charge >= 0.3 is 0 Å². The van der Waals surface area contributed by atoms with Gasteiger partial charge in [0.05, 0.1) is 16.4 Å². The Balaban J connectivity index is 1.69. The number of thiazole rings is 1. The van der Waals surface area contributed by atoms with Gasteiger partial charge < -0.3 is 10.6 Å². The third-order valence-electron chi connectivity index (χ3n) is 4.62. The van der Waals surface area contributed by atoms with Crippen LogP contribution in [0.25, 0.3) is 10.4 Å². The fourth-order valence-corrected chi connectivity index (χ4v) is 4.17. The Kier molecular flexibility index (Phi) is 4.29. The number of hydrogen-bond acceptors (Lipinski definition) is 4. The maximum absolute atomic E-state index is 13.2. The molecule has 2 aliphatic rings. The molecule has 1 heterocycles. The first-order valence-electron chi connectivity index (χ1n) is 8.75. The minimum atomic E-state index is -0.479. The fourth-order valence-electron chi connectivity index (χ4n) is 2.94. The van der Waals surface area contributed by atoms with E-state index in [4.69, 9.17) is 5.73 Å². The summed E-state index contributed by atoms with van der Waals surface area (Å²) in [5, 5.41) is 1.03. The molecule has 2 saturated carbocycles. The largest absolute Gasteiger partial charge is 0.368 e. The van der Waals surface area contributed by atoms with Crippen molar-refractivity contribution in [1.29, 1.82) is 0 Å². The molecule has 2 aromatic rings. The average molecular weight is 355 g/mol. The number of carbonyl (C=O) groups excluding carboxylic acids is 2. The maximum atomic E-state index is 13.2. The van der Waals surface area contributed by atoms with Crippen LogP contribution in [0.5, 0.6) is 0 Å². The van der Waals surface area contributed by atoms with Gasteiger partial charge in [0.1, 0.15) is 5.69 Å². The zero-order valence-corrected chi connectivity index (χ0v) is 14.8. The molecule has 2 aliphatic carbocycles. The summed E-state index contributed by atoms with van der Waals surface area (Å²) < 4.78 is 0. The standard InChI is InChI=1S/C19H21N3O2S/c20-15(23)11-22(10-12-6-7-12)19(24)16-17(13-4-2-1-3-5-13)25-18(21-16)14-8-9-14/h1-5,12,14H,6-11H2,(H2,20,23). The summed E-state index contributed by atoms with van der Waals surface area (Å²) in [4.78, 5) is 31.8. The Morgan fingerprint density at radius 3 is 2.48 bits per heavy atom. The molecule has 130 valence electrons. The van der Waals surface area contributed by atoms with Crippen molar-refractivity contribution >= 4 is 23.2 Å². The van der Waals surface area contributed by atoms with Crippen LogP contribution in [0.3, 0.4) is 0 Å². The van der Waals surface area contributed by atoms with Crippen molar-refractivity contribution in [1.82, 2.24) is 9.88 Å². The van der Waals surface area contributed by atoms with Crippen LogP contribution in [0, 0.1) is 5.92 Å². The smallest absolute Gasteiger partial charge is 0.274 e. The molecule has 2 amide bonds. The van der Waals surface area contributed by atoms with Crippen LogP contribution in [-0.2, 0) is 4.79 Å². The monoisotopic (exact) mass is 355 g/mol. The first-order chi connectivity index (χ1) is 12.1. The van der Waals surface area contributed by atoms with E-state index in [9.17, 15) is 9.59 Å². The second kappa shape index (κ2) is 6.59. The Morgan fingerprint density at radius 2 is 1.88 bits per heavy atom. The molecular formula is C19H21N3O2S. The molecule has 0 unspecified atom stereocenters. The van der Waals surface area contributed by atoms with Crippen LogP contribution in [-0.4, -0.2) is 34.8 Å². The van der Waals surface area contributed by atoms with Crippen molar-refractivity contribution in [3.05, 3.63) is 41.0 Å². The Morgan fingerprint density at radius 1 is 1.16 bits per heavy atom. The van der Waals surface area contributed by atoms with Crippen LogP contribution >= 0.6 is 11.3 Å². The highest BCUT2D eigenvalue weighted by Crippen LogP contribution is 2.45. The number of primary amides is 1. The molecule has 0 bridgehead atoms. The highest BCUT2D eigenvalue weighted by molar-refractivity contribution is 7.15. The summed E-state index contributed by atoms with van der Waals surface area (Å²) in [5.74, 6) is 0.327. The summed E-state index contributed by atoms with van der Waals surface area (Å²) in [5.41, 5.74) is 6.84. The molecule has 0 radical (unpaired) electrons. The van der Waals surface area contributed by atoms with Crippen molar-refractivity contribution in [2.45, 2.75) is 31.6 Å². The molecule has 0 spiro atoms. The lowest BCUT2D eigenvalue weighted by molar-refractivity contribution is -0.118. The van der Waals surface area contributed by atoms with E-state index >= 15 is 0 Å². The SMILES string of the molecule is NC(=O)CN(CC1CC1)C(=O)c1nc(C2CC2)sc1-c1ccccc1. The summed E-state index contributed by atoms with van der Waals surface area (Å²) in [6.45, 7) is 0.548. The van der Waals surface area contributed by atoms with E-state index in [1.807, 2.05) is 30.3 Å². The molecule has 25 heavy (non-hydrogen) atoms. The highest BCUT2D eigenvalue weighted by atomic mass is 32.1. The van der Waals surface area contributed by atoms with Crippen molar-refractivity contribution in [2.75, 3.05) is 13.1 Å². The van der Waals surface area contributed by atoms with E-state index in [1.54, 1.807) is 16.2 Å². The topological polar surface area (TPSA) is 76.3 Å². The quantitative estimate of drug-likeness (QED) is 0.829. The van der Waals surface area contributed by atoms with Gasteiger partial charge in [0, 0.05) is 12.5 Å². The lowest BCUT2D eigenvalue weighted by Crippen LogP contribution is -2.40.